The lowest BCUT2D eigenvalue weighted by molar-refractivity contribution is -0.947. The van der Waals surface area contributed by atoms with Crippen molar-refractivity contribution in [3.63, 3.8) is 0 Å². The van der Waals surface area contributed by atoms with E-state index < -0.39 is 0 Å². The van der Waals surface area contributed by atoms with Crippen molar-refractivity contribution < 1.29 is 23.8 Å². The summed E-state index contributed by atoms with van der Waals surface area (Å²) in [6.45, 7) is 3.73. The first-order valence-electron chi connectivity index (χ1n) is 10.2. The average Bonchev–Trinajstić information content (AvgIpc) is 3.26. The fourth-order valence-electron chi connectivity index (χ4n) is 7.20. The van der Waals surface area contributed by atoms with Gasteiger partial charge in [-0.1, -0.05) is 0 Å². The van der Waals surface area contributed by atoms with Gasteiger partial charge in [0.25, 0.3) is 0 Å². The van der Waals surface area contributed by atoms with E-state index in [2.05, 4.69) is 0 Å². The van der Waals surface area contributed by atoms with E-state index in [1.807, 2.05) is 4.90 Å². The number of piperidine rings is 2. The van der Waals surface area contributed by atoms with E-state index in [1.165, 1.54) is 51.6 Å². The van der Waals surface area contributed by atoms with Crippen molar-refractivity contribution in [3.8, 4) is 0 Å². The number of hydrogen-bond donors (Lipinski definition) is 1. The van der Waals surface area contributed by atoms with Crippen LogP contribution in [0.3, 0.4) is 0 Å². The predicted molar refractivity (Wildman–Crippen MR) is 85.4 cm³/mol. The molecule has 24 heavy (non-hydrogen) atoms. The predicted octanol–water partition coefficient (Wildman–Crippen LogP) is 0.583. The molecular weight excluding hydrogens is 306 g/mol. The van der Waals surface area contributed by atoms with E-state index in [9.17, 15) is 0 Å². The molecule has 6 fully saturated rings. The maximum absolute atomic E-state index is 6.00. The van der Waals surface area contributed by atoms with Crippen molar-refractivity contribution in [3.05, 3.63) is 0 Å². The van der Waals surface area contributed by atoms with Crippen molar-refractivity contribution in [1.29, 1.82) is 0 Å². The van der Waals surface area contributed by atoms with Crippen LogP contribution in [0.25, 0.3) is 0 Å². The van der Waals surface area contributed by atoms with Crippen LogP contribution in [0.4, 0.5) is 0 Å². The summed E-state index contributed by atoms with van der Waals surface area (Å²) < 4.78 is 23.5. The van der Waals surface area contributed by atoms with Gasteiger partial charge in [0.2, 0.25) is 0 Å². The summed E-state index contributed by atoms with van der Waals surface area (Å²) in [5, 5.41) is 0. The molecule has 5 nitrogen and oxygen atoms in total. The molecular formula is C19H30NO4+. The summed E-state index contributed by atoms with van der Waals surface area (Å²) in [4.78, 5) is 1.87. The summed E-state index contributed by atoms with van der Waals surface area (Å²) in [6.07, 6.45) is 9.39. The number of nitrogens with one attached hydrogen (secondary N) is 1. The Morgan fingerprint density at radius 3 is 2.42 bits per heavy atom. The number of rotatable bonds is 0. The molecule has 4 heterocycles. The molecule has 0 aromatic rings. The fourth-order valence-corrected chi connectivity index (χ4v) is 7.20. The lowest BCUT2D eigenvalue weighted by Crippen LogP contribution is -3.20. The molecule has 0 aromatic carbocycles. The second-order valence-corrected chi connectivity index (χ2v) is 9.12. The lowest BCUT2D eigenvalue weighted by atomic mass is 9.62. The molecule has 4 aliphatic heterocycles. The monoisotopic (exact) mass is 336 g/mol. The summed E-state index contributed by atoms with van der Waals surface area (Å²) in [5.41, 5.74) is 0. The zero-order chi connectivity index (χ0) is 15.7. The first kappa shape index (κ1) is 14.9. The van der Waals surface area contributed by atoms with Gasteiger partial charge in [-0.15, -0.1) is 0 Å². The first-order chi connectivity index (χ1) is 11.9. The standard InChI is InChI=1S/C19H29NO4/c1-2-16-19(24-10-21-16)14-8-20-4-3-12-6-17-18(23-9-22-17)7-13(12)15(20)5-11(1)14/h11-19H,1-10H2/p+1. The molecule has 10 atom stereocenters. The minimum Gasteiger partial charge on any atom is -0.349 e. The third kappa shape index (κ3) is 2.18. The highest BCUT2D eigenvalue weighted by Crippen LogP contribution is 2.46. The van der Waals surface area contributed by atoms with Gasteiger partial charge < -0.3 is 23.8 Å². The summed E-state index contributed by atoms with van der Waals surface area (Å²) in [5.74, 6) is 3.33. The van der Waals surface area contributed by atoms with E-state index in [0.29, 0.717) is 38.0 Å². The Morgan fingerprint density at radius 2 is 1.46 bits per heavy atom. The number of quaternary nitrogens is 1. The Hall–Kier alpha value is -0.200. The third-order valence-corrected chi connectivity index (χ3v) is 8.31. The fraction of sp³-hybridized carbons (Fsp3) is 1.00. The topological polar surface area (TPSA) is 41.4 Å². The molecule has 5 heteroatoms. The highest BCUT2D eigenvalue weighted by molar-refractivity contribution is 4.99. The molecule has 0 aromatic heterocycles. The van der Waals surface area contributed by atoms with Crippen LogP contribution >= 0.6 is 0 Å². The van der Waals surface area contributed by atoms with Crippen LogP contribution in [-0.4, -0.2) is 57.1 Å². The second kappa shape index (κ2) is 5.65. The van der Waals surface area contributed by atoms with Crippen LogP contribution < -0.4 is 4.90 Å². The Labute approximate surface area is 143 Å². The highest BCUT2D eigenvalue weighted by Gasteiger charge is 2.56. The van der Waals surface area contributed by atoms with Crippen molar-refractivity contribution in [1.82, 2.24) is 0 Å². The van der Waals surface area contributed by atoms with Crippen LogP contribution in [0, 0.1) is 23.7 Å². The van der Waals surface area contributed by atoms with Gasteiger partial charge in [-0.25, -0.2) is 0 Å². The maximum Gasteiger partial charge on any atom is 0.147 e. The third-order valence-electron chi connectivity index (χ3n) is 8.31. The molecule has 10 unspecified atom stereocenters. The van der Waals surface area contributed by atoms with Crippen molar-refractivity contribution in [2.24, 2.45) is 23.7 Å². The number of hydrogen-bond acceptors (Lipinski definition) is 4. The zero-order valence-electron chi connectivity index (χ0n) is 14.4. The molecule has 2 aliphatic carbocycles. The van der Waals surface area contributed by atoms with E-state index in [0.717, 1.165) is 29.7 Å². The molecule has 6 rings (SSSR count). The van der Waals surface area contributed by atoms with Crippen molar-refractivity contribution in [2.75, 3.05) is 26.7 Å². The molecule has 0 bridgehead atoms. The van der Waals surface area contributed by atoms with Crippen molar-refractivity contribution in [2.45, 2.75) is 69.0 Å². The van der Waals surface area contributed by atoms with Gasteiger partial charge in [0.05, 0.1) is 43.5 Å². The van der Waals surface area contributed by atoms with Gasteiger partial charge in [-0.05, 0) is 43.9 Å². The van der Waals surface area contributed by atoms with Crippen LogP contribution in [0.15, 0.2) is 0 Å². The number of ether oxygens (including phenoxy) is 4. The highest BCUT2D eigenvalue weighted by atomic mass is 16.7. The van der Waals surface area contributed by atoms with Gasteiger partial charge in [0.15, 0.2) is 0 Å². The molecule has 134 valence electrons. The quantitative estimate of drug-likeness (QED) is 0.703. The smallest absolute Gasteiger partial charge is 0.147 e. The summed E-state index contributed by atoms with van der Waals surface area (Å²) in [6, 6.07) is 0.856. The van der Waals surface area contributed by atoms with Gasteiger partial charge in [0.1, 0.15) is 13.6 Å². The van der Waals surface area contributed by atoms with Crippen LogP contribution in [-0.2, 0) is 18.9 Å². The number of fused-ring (bicyclic) bond motifs is 7. The molecule has 0 amide bonds. The van der Waals surface area contributed by atoms with Gasteiger partial charge in [-0.2, -0.15) is 0 Å². The Morgan fingerprint density at radius 1 is 0.667 bits per heavy atom. The van der Waals surface area contributed by atoms with E-state index in [4.69, 9.17) is 18.9 Å². The van der Waals surface area contributed by atoms with Gasteiger partial charge >= 0.3 is 0 Å². The normalized spacial score (nSPS) is 59.0. The second-order valence-electron chi connectivity index (χ2n) is 9.12. The van der Waals surface area contributed by atoms with Crippen LogP contribution in [0.2, 0.25) is 0 Å². The van der Waals surface area contributed by atoms with Crippen LogP contribution in [0.1, 0.15) is 38.5 Å². The Balaban J connectivity index is 1.22. The largest absolute Gasteiger partial charge is 0.349 e. The van der Waals surface area contributed by atoms with Crippen molar-refractivity contribution >= 4 is 0 Å². The molecule has 0 spiro atoms. The van der Waals surface area contributed by atoms with Gasteiger partial charge in [0, 0.05) is 18.3 Å². The molecule has 2 saturated carbocycles. The van der Waals surface area contributed by atoms with E-state index in [-0.39, 0.29) is 0 Å². The summed E-state index contributed by atoms with van der Waals surface area (Å²) in [7, 11) is 0. The first-order valence-corrected chi connectivity index (χ1v) is 10.2. The maximum atomic E-state index is 6.00. The molecule has 6 aliphatic rings. The van der Waals surface area contributed by atoms with E-state index in [1.54, 1.807) is 0 Å². The SMILES string of the molecule is C1OC2CC3CC[NH+]4CC5C(CCC6OCOC65)CC4C3CC2O1. The molecule has 1 N–H and O–H groups in total. The van der Waals surface area contributed by atoms with E-state index >= 15 is 0 Å². The van der Waals surface area contributed by atoms with Gasteiger partial charge in [-0.3, -0.25) is 0 Å². The van der Waals surface area contributed by atoms with Crippen LogP contribution in [0.5, 0.6) is 0 Å². The Bertz CT molecular complexity index is 502. The zero-order valence-corrected chi connectivity index (χ0v) is 14.4. The summed E-state index contributed by atoms with van der Waals surface area (Å²) >= 11 is 0. The average molecular weight is 336 g/mol. The molecule has 0 radical (unpaired) electrons. The minimum absolute atomic E-state index is 0.380. The lowest BCUT2D eigenvalue weighted by Gasteiger charge is -2.54. The molecule has 4 saturated heterocycles. The Kier molecular flexibility index (Phi) is 3.51. The minimum atomic E-state index is 0.380.